The molecule has 0 N–H and O–H groups in total. The fourth-order valence-corrected chi connectivity index (χ4v) is 6.65. The Morgan fingerprint density at radius 1 is 0.789 bits per heavy atom. The Balaban J connectivity index is 2.16. The lowest BCUT2D eigenvalue weighted by atomic mass is 10.4. The van der Waals surface area contributed by atoms with Crippen LogP contribution < -0.4 is 10.4 Å². The standard InChI is InChI=1S/C14H18O3Si2/c1-15-19(16-2,14-11-7-4-8-12-14)17-18-13-9-5-3-6-10-13/h3-12H,18H2,1-2H3. The highest BCUT2D eigenvalue weighted by Crippen LogP contribution is 2.07. The van der Waals surface area contributed by atoms with Gasteiger partial charge in [0, 0.05) is 19.4 Å². The van der Waals surface area contributed by atoms with E-state index in [-0.39, 0.29) is 0 Å². The van der Waals surface area contributed by atoms with E-state index >= 15 is 0 Å². The summed E-state index contributed by atoms with van der Waals surface area (Å²) in [5.41, 5.74) is 0. The molecule has 0 amide bonds. The lowest BCUT2D eigenvalue weighted by Crippen LogP contribution is -2.57. The molecular weight excluding hydrogens is 272 g/mol. The molecule has 0 radical (unpaired) electrons. The third kappa shape index (κ3) is 3.40. The molecule has 2 rings (SSSR count). The number of rotatable bonds is 6. The zero-order valence-corrected chi connectivity index (χ0v) is 13.6. The van der Waals surface area contributed by atoms with Gasteiger partial charge in [-0.15, -0.1) is 0 Å². The molecular formula is C14H18O3Si2. The van der Waals surface area contributed by atoms with Crippen molar-refractivity contribution < 1.29 is 13.0 Å². The summed E-state index contributed by atoms with van der Waals surface area (Å²) in [4.78, 5) is 0. The molecule has 0 saturated carbocycles. The molecule has 0 spiro atoms. The van der Waals surface area contributed by atoms with Crippen LogP contribution in [-0.2, 0) is 13.0 Å². The molecule has 0 aromatic heterocycles. The van der Waals surface area contributed by atoms with E-state index in [4.69, 9.17) is 13.0 Å². The minimum absolute atomic E-state index is 0.870. The molecule has 0 fully saturated rings. The lowest BCUT2D eigenvalue weighted by molar-refractivity contribution is 0.182. The second kappa shape index (κ2) is 6.79. The lowest BCUT2D eigenvalue weighted by Gasteiger charge is -2.27. The second-order valence-corrected chi connectivity index (χ2v) is 8.87. The van der Waals surface area contributed by atoms with E-state index in [1.165, 1.54) is 5.19 Å². The number of benzene rings is 2. The first-order valence-electron chi connectivity index (χ1n) is 6.14. The molecule has 3 nitrogen and oxygen atoms in total. The van der Waals surface area contributed by atoms with Gasteiger partial charge in [-0.3, -0.25) is 0 Å². The summed E-state index contributed by atoms with van der Waals surface area (Å²) < 4.78 is 17.4. The minimum atomic E-state index is -2.74. The third-order valence-corrected chi connectivity index (χ3v) is 7.95. The van der Waals surface area contributed by atoms with Crippen molar-refractivity contribution in [1.29, 1.82) is 0 Å². The molecule has 2 aromatic carbocycles. The van der Waals surface area contributed by atoms with Crippen molar-refractivity contribution in [2.75, 3.05) is 14.2 Å². The summed E-state index contributed by atoms with van der Waals surface area (Å²) in [5, 5.41) is 2.24. The Morgan fingerprint density at radius 2 is 1.32 bits per heavy atom. The van der Waals surface area contributed by atoms with Gasteiger partial charge in [-0.2, -0.15) is 0 Å². The first-order chi connectivity index (χ1) is 9.30. The van der Waals surface area contributed by atoms with Gasteiger partial charge in [0.1, 0.15) is 0 Å². The summed E-state index contributed by atoms with van der Waals surface area (Å²) in [6.45, 7) is 0. The molecule has 0 atom stereocenters. The minimum Gasteiger partial charge on any atom is -0.413 e. The fraction of sp³-hybridized carbons (Fsp3) is 0.143. The Morgan fingerprint density at radius 3 is 1.84 bits per heavy atom. The Labute approximate surface area is 117 Å². The molecule has 0 unspecified atom stereocenters. The topological polar surface area (TPSA) is 27.7 Å². The van der Waals surface area contributed by atoms with Crippen LogP contribution in [0.5, 0.6) is 0 Å². The average molecular weight is 290 g/mol. The SMILES string of the molecule is CO[Si](OC)(O[SiH2]c1ccccc1)c1ccccc1. The van der Waals surface area contributed by atoms with Crippen molar-refractivity contribution in [2.24, 2.45) is 0 Å². The summed E-state index contributed by atoms with van der Waals surface area (Å²) in [6, 6.07) is 20.1. The van der Waals surface area contributed by atoms with Gasteiger partial charge >= 0.3 is 8.80 Å². The van der Waals surface area contributed by atoms with E-state index in [1.807, 2.05) is 48.5 Å². The third-order valence-electron chi connectivity index (χ3n) is 2.94. The van der Waals surface area contributed by atoms with E-state index in [9.17, 15) is 0 Å². The fourth-order valence-electron chi connectivity index (χ4n) is 1.92. The van der Waals surface area contributed by atoms with Gasteiger partial charge in [-0.25, -0.2) is 0 Å². The first-order valence-corrected chi connectivity index (χ1v) is 9.15. The van der Waals surface area contributed by atoms with Gasteiger partial charge in [0.05, 0.1) is 0 Å². The van der Waals surface area contributed by atoms with Gasteiger partial charge in [0.25, 0.3) is 0 Å². The maximum absolute atomic E-state index is 6.13. The van der Waals surface area contributed by atoms with Crippen LogP contribution in [0, 0.1) is 0 Å². The smallest absolute Gasteiger partial charge is 0.413 e. The van der Waals surface area contributed by atoms with Crippen LogP contribution in [0.15, 0.2) is 60.7 Å². The summed E-state index contributed by atoms with van der Waals surface area (Å²) in [6.07, 6.45) is 0. The Kier molecular flexibility index (Phi) is 5.06. The quantitative estimate of drug-likeness (QED) is 0.727. The van der Waals surface area contributed by atoms with Gasteiger partial charge in [-0.05, 0) is 5.19 Å². The normalized spacial score (nSPS) is 12.1. The molecule has 0 bridgehead atoms. The van der Waals surface area contributed by atoms with Crippen LogP contribution in [0.3, 0.4) is 0 Å². The van der Waals surface area contributed by atoms with E-state index in [0.29, 0.717) is 0 Å². The molecule has 19 heavy (non-hydrogen) atoms. The average Bonchev–Trinajstić information content (AvgIpc) is 2.51. The Hall–Kier alpha value is -1.25. The first kappa shape index (κ1) is 14.2. The molecule has 0 heterocycles. The van der Waals surface area contributed by atoms with Crippen molar-refractivity contribution in [1.82, 2.24) is 0 Å². The number of hydrogen-bond acceptors (Lipinski definition) is 3. The van der Waals surface area contributed by atoms with E-state index in [1.54, 1.807) is 14.2 Å². The highest BCUT2D eigenvalue weighted by atomic mass is 28.4. The highest BCUT2D eigenvalue weighted by Gasteiger charge is 2.41. The predicted molar refractivity (Wildman–Crippen MR) is 81.6 cm³/mol. The molecule has 0 saturated heterocycles. The van der Waals surface area contributed by atoms with E-state index < -0.39 is 18.6 Å². The van der Waals surface area contributed by atoms with Gasteiger partial charge in [0.15, 0.2) is 9.76 Å². The molecule has 100 valence electrons. The van der Waals surface area contributed by atoms with E-state index in [2.05, 4.69) is 12.1 Å². The van der Waals surface area contributed by atoms with Crippen LogP contribution >= 0.6 is 0 Å². The van der Waals surface area contributed by atoms with Crippen molar-refractivity contribution >= 4 is 28.9 Å². The monoisotopic (exact) mass is 290 g/mol. The van der Waals surface area contributed by atoms with Crippen molar-refractivity contribution in [3.05, 3.63) is 60.7 Å². The van der Waals surface area contributed by atoms with Crippen LogP contribution in [0.4, 0.5) is 0 Å². The zero-order chi connectivity index (χ0) is 13.6. The van der Waals surface area contributed by atoms with Crippen molar-refractivity contribution in [3.8, 4) is 0 Å². The maximum Gasteiger partial charge on any atom is 0.526 e. The van der Waals surface area contributed by atoms with Gasteiger partial charge in [0.2, 0.25) is 0 Å². The van der Waals surface area contributed by atoms with Crippen LogP contribution in [0.25, 0.3) is 0 Å². The summed E-state index contributed by atoms with van der Waals surface area (Å²) >= 11 is 0. The van der Waals surface area contributed by atoms with E-state index in [0.717, 1.165) is 5.19 Å². The van der Waals surface area contributed by atoms with Gasteiger partial charge in [-0.1, -0.05) is 60.7 Å². The van der Waals surface area contributed by atoms with Crippen LogP contribution in [0.2, 0.25) is 0 Å². The predicted octanol–water partition coefficient (Wildman–Crippen LogP) is 0.551. The van der Waals surface area contributed by atoms with Crippen molar-refractivity contribution in [2.45, 2.75) is 0 Å². The number of hydrogen-bond donors (Lipinski definition) is 0. The molecule has 0 aliphatic carbocycles. The largest absolute Gasteiger partial charge is 0.526 e. The second-order valence-electron chi connectivity index (χ2n) is 4.10. The highest BCUT2D eigenvalue weighted by molar-refractivity contribution is 6.80. The molecule has 5 heteroatoms. The van der Waals surface area contributed by atoms with Crippen LogP contribution in [-0.4, -0.2) is 32.8 Å². The molecule has 0 aliphatic rings. The summed E-state index contributed by atoms with van der Waals surface area (Å²) in [7, 11) is -0.300. The summed E-state index contributed by atoms with van der Waals surface area (Å²) in [5.74, 6) is 0. The van der Waals surface area contributed by atoms with Crippen LogP contribution in [0.1, 0.15) is 0 Å². The van der Waals surface area contributed by atoms with Crippen molar-refractivity contribution in [3.63, 3.8) is 0 Å². The Bertz CT molecular complexity index is 487. The maximum atomic E-state index is 6.13. The zero-order valence-electron chi connectivity index (χ0n) is 11.2. The van der Waals surface area contributed by atoms with Gasteiger partial charge < -0.3 is 13.0 Å². The molecule has 0 aliphatic heterocycles. The molecule has 2 aromatic rings.